The molecule has 1 aromatic heterocycles. The van der Waals surface area contributed by atoms with Crippen LogP contribution in [0.4, 0.5) is 13.2 Å². The first-order chi connectivity index (χ1) is 9.41. The first-order valence-corrected chi connectivity index (χ1v) is 6.92. The Balaban J connectivity index is 2.10. The van der Waals surface area contributed by atoms with Gasteiger partial charge in [0.2, 0.25) is 0 Å². The van der Waals surface area contributed by atoms with Crippen molar-refractivity contribution in [3.8, 4) is 0 Å². The van der Waals surface area contributed by atoms with E-state index in [2.05, 4.69) is 9.59 Å². The van der Waals surface area contributed by atoms with Crippen LogP contribution >= 0.6 is 11.5 Å². The van der Waals surface area contributed by atoms with E-state index in [-0.39, 0.29) is 6.04 Å². The maximum Gasteiger partial charge on any atom is 0.416 e. The zero-order valence-electron chi connectivity index (χ0n) is 10.8. The van der Waals surface area contributed by atoms with Crippen molar-refractivity contribution in [3.63, 3.8) is 0 Å². The number of nitrogens with zero attached hydrogens (tertiary/aromatic N) is 2. The number of aryl methyl sites for hydroxylation is 1. The number of alkyl halides is 3. The van der Waals surface area contributed by atoms with E-state index in [4.69, 9.17) is 5.73 Å². The Morgan fingerprint density at radius 2 is 1.90 bits per heavy atom. The van der Waals surface area contributed by atoms with Crippen LogP contribution in [0, 0.1) is 0 Å². The fourth-order valence-electron chi connectivity index (χ4n) is 1.92. The van der Waals surface area contributed by atoms with E-state index in [0.29, 0.717) is 6.42 Å². The molecule has 0 saturated carbocycles. The number of hydrogen-bond donors (Lipinski definition) is 1. The largest absolute Gasteiger partial charge is 0.416 e. The van der Waals surface area contributed by atoms with Crippen LogP contribution in [0.2, 0.25) is 0 Å². The summed E-state index contributed by atoms with van der Waals surface area (Å²) in [5, 5.41) is 3.98. The molecule has 1 atom stereocenters. The molecule has 2 N–H and O–H groups in total. The van der Waals surface area contributed by atoms with E-state index in [1.165, 1.54) is 23.7 Å². The summed E-state index contributed by atoms with van der Waals surface area (Å²) in [6, 6.07) is 4.79. The van der Waals surface area contributed by atoms with Gasteiger partial charge < -0.3 is 5.73 Å². The quantitative estimate of drug-likeness (QED) is 0.942. The van der Waals surface area contributed by atoms with Crippen LogP contribution in [0.25, 0.3) is 0 Å². The van der Waals surface area contributed by atoms with E-state index in [1.807, 2.05) is 6.92 Å². The molecule has 0 aliphatic rings. The van der Waals surface area contributed by atoms with Gasteiger partial charge in [-0.1, -0.05) is 23.5 Å². The maximum atomic E-state index is 12.5. The summed E-state index contributed by atoms with van der Waals surface area (Å²) in [5.74, 6) is 0. The summed E-state index contributed by atoms with van der Waals surface area (Å²) in [6.07, 6.45) is -3.10. The fraction of sp³-hybridized carbons (Fsp3) is 0.385. The molecule has 0 aliphatic heterocycles. The molecule has 0 bridgehead atoms. The van der Waals surface area contributed by atoms with E-state index in [9.17, 15) is 13.2 Å². The van der Waals surface area contributed by atoms with Crippen molar-refractivity contribution in [1.29, 1.82) is 0 Å². The summed E-state index contributed by atoms with van der Waals surface area (Å²) in [7, 11) is 0. The zero-order valence-corrected chi connectivity index (χ0v) is 11.6. The van der Waals surface area contributed by atoms with Gasteiger partial charge in [-0.05, 0) is 42.1 Å². The Morgan fingerprint density at radius 3 is 2.45 bits per heavy atom. The molecule has 3 nitrogen and oxygen atoms in total. The van der Waals surface area contributed by atoms with Crippen LogP contribution in [0.1, 0.15) is 34.7 Å². The van der Waals surface area contributed by atoms with Crippen molar-refractivity contribution in [2.75, 3.05) is 0 Å². The van der Waals surface area contributed by atoms with Gasteiger partial charge in [0.1, 0.15) is 0 Å². The van der Waals surface area contributed by atoms with Gasteiger partial charge >= 0.3 is 6.18 Å². The van der Waals surface area contributed by atoms with Crippen molar-refractivity contribution in [3.05, 3.63) is 46.0 Å². The highest BCUT2D eigenvalue weighted by atomic mass is 32.1. The molecule has 108 valence electrons. The van der Waals surface area contributed by atoms with Crippen molar-refractivity contribution < 1.29 is 13.2 Å². The molecule has 2 rings (SSSR count). The van der Waals surface area contributed by atoms with E-state index < -0.39 is 11.7 Å². The molecule has 20 heavy (non-hydrogen) atoms. The van der Waals surface area contributed by atoms with E-state index in [1.54, 1.807) is 0 Å². The second kappa shape index (κ2) is 5.88. The number of aromatic nitrogens is 2. The SMILES string of the molecule is CCc1nnsc1C(N)Cc1ccc(C(F)(F)F)cc1. The summed E-state index contributed by atoms with van der Waals surface area (Å²) in [6.45, 7) is 1.96. The number of nitrogens with two attached hydrogens (primary N) is 1. The minimum absolute atomic E-state index is 0.290. The summed E-state index contributed by atoms with van der Waals surface area (Å²) in [4.78, 5) is 0.896. The van der Waals surface area contributed by atoms with Gasteiger partial charge in [-0.15, -0.1) is 5.10 Å². The molecular weight excluding hydrogens is 287 g/mol. The van der Waals surface area contributed by atoms with E-state index >= 15 is 0 Å². The van der Waals surface area contributed by atoms with Crippen LogP contribution in [-0.4, -0.2) is 9.59 Å². The Kier molecular flexibility index (Phi) is 4.39. The highest BCUT2D eigenvalue weighted by Crippen LogP contribution is 2.30. The van der Waals surface area contributed by atoms with Crippen LogP contribution in [0.15, 0.2) is 24.3 Å². The average Bonchev–Trinajstić information content (AvgIpc) is 2.86. The summed E-state index contributed by atoms with van der Waals surface area (Å²) in [5.41, 5.74) is 7.05. The smallest absolute Gasteiger partial charge is 0.323 e. The Hall–Kier alpha value is -1.47. The molecule has 2 aromatic rings. The number of rotatable bonds is 4. The van der Waals surface area contributed by atoms with Crippen molar-refractivity contribution in [2.24, 2.45) is 5.73 Å². The van der Waals surface area contributed by atoms with Gasteiger partial charge in [0.05, 0.1) is 16.1 Å². The third-order valence-corrected chi connectivity index (χ3v) is 3.89. The maximum absolute atomic E-state index is 12.5. The Labute approximate surface area is 118 Å². The van der Waals surface area contributed by atoms with E-state index in [0.717, 1.165) is 34.7 Å². The van der Waals surface area contributed by atoms with Crippen molar-refractivity contribution in [1.82, 2.24) is 9.59 Å². The normalized spacial score (nSPS) is 13.4. The fourth-order valence-corrected chi connectivity index (χ4v) is 2.66. The molecule has 0 radical (unpaired) electrons. The van der Waals surface area contributed by atoms with Crippen LogP contribution in [0.5, 0.6) is 0 Å². The van der Waals surface area contributed by atoms with Gasteiger partial charge in [-0.3, -0.25) is 0 Å². The minimum Gasteiger partial charge on any atom is -0.323 e. The predicted molar refractivity (Wildman–Crippen MR) is 71.4 cm³/mol. The Bertz CT molecular complexity index is 563. The molecule has 0 aliphatic carbocycles. The molecule has 0 saturated heterocycles. The number of halogens is 3. The second-order valence-corrected chi connectivity index (χ2v) is 5.23. The van der Waals surface area contributed by atoms with Gasteiger partial charge in [0, 0.05) is 6.04 Å². The Morgan fingerprint density at radius 1 is 1.25 bits per heavy atom. The number of hydrogen-bond acceptors (Lipinski definition) is 4. The molecule has 0 spiro atoms. The minimum atomic E-state index is -4.31. The monoisotopic (exact) mass is 301 g/mol. The molecule has 1 aromatic carbocycles. The topological polar surface area (TPSA) is 51.8 Å². The highest BCUT2D eigenvalue weighted by Gasteiger charge is 2.30. The molecule has 0 amide bonds. The van der Waals surface area contributed by atoms with Gasteiger partial charge in [0.15, 0.2) is 0 Å². The molecule has 1 unspecified atom stereocenters. The van der Waals surface area contributed by atoms with Gasteiger partial charge in [-0.2, -0.15) is 13.2 Å². The lowest BCUT2D eigenvalue weighted by Gasteiger charge is -2.12. The van der Waals surface area contributed by atoms with Crippen molar-refractivity contribution >= 4 is 11.5 Å². The number of benzene rings is 1. The standard InChI is InChI=1S/C13H14F3N3S/c1-2-11-12(20-19-18-11)10(17)7-8-3-5-9(6-4-8)13(14,15)16/h3-6,10H,2,7,17H2,1H3. The molecular formula is C13H14F3N3S. The van der Waals surface area contributed by atoms with Crippen LogP contribution in [-0.2, 0) is 19.0 Å². The summed E-state index contributed by atoms with van der Waals surface area (Å²) >= 11 is 1.24. The highest BCUT2D eigenvalue weighted by molar-refractivity contribution is 7.05. The van der Waals surface area contributed by atoms with Crippen LogP contribution in [0.3, 0.4) is 0 Å². The van der Waals surface area contributed by atoms with Crippen molar-refractivity contribution in [2.45, 2.75) is 32.0 Å². The third kappa shape index (κ3) is 3.34. The molecule has 0 fully saturated rings. The lowest BCUT2D eigenvalue weighted by Crippen LogP contribution is -2.14. The molecule has 7 heteroatoms. The van der Waals surface area contributed by atoms with Gasteiger partial charge in [0.25, 0.3) is 0 Å². The predicted octanol–water partition coefficient (Wildman–Crippen LogP) is 3.36. The first kappa shape index (κ1) is 14.9. The second-order valence-electron chi connectivity index (χ2n) is 4.44. The third-order valence-electron chi connectivity index (χ3n) is 2.99. The average molecular weight is 301 g/mol. The lowest BCUT2D eigenvalue weighted by molar-refractivity contribution is -0.137. The van der Waals surface area contributed by atoms with Crippen LogP contribution < -0.4 is 5.73 Å². The molecule has 1 heterocycles. The summed E-state index contributed by atoms with van der Waals surface area (Å²) < 4.78 is 41.3. The zero-order chi connectivity index (χ0) is 14.8. The first-order valence-electron chi connectivity index (χ1n) is 6.14. The van der Waals surface area contributed by atoms with Gasteiger partial charge in [-0.25, -0.2) is 0 Å². The lowest BCUT2D eigenvalue weighted by atomic mass is 10.0.